The first-order valence-electron chi connectivity index (χ1n) is 6.85. The highest BCUT2D eigenvalue weighted by molar-refractivity contribution is 9.10. The van der Waals surface area contributed by atoms with Crippen molar-refractivity contribution < 1.29 is 4.79 Å². The number of benzene rings is 1. The zero-order valence-corrected chi connectivity index (χ0v) is 14.2. The van der Waals surface area contributed by atoms with E-state index in [2.05, 4.69) is 31.2 Å². The molecule has 0 N–H and O–H groups in total. The lowest BCUT2D eigenvalue weighted by atomic mass is 10.2. The maximum Gasteiger partial charge on any atom is 0.254 e. The first-order chi connectivity index (χ1) is 10.1. The van der Waals surface area contributed by atoms with Gasteiger partial charge in [-0.05, 0) is 25.1 Å². The van der Waals surface area contributed by atoms with Crippen LogP contribution in [0.4, 0.5) is 5.13 Å². The molecule has 3 rings (SSSR count). The molecule has 0 spiro atoms. The normalized spacial score (nSPS) is 15.3. The third kappa shape index (κ3) is 3.27. The number of amides is 1. The van der Waals surface area contributed by atoms with Crippen molar-refractivity contribution >= 4 is 38.3 Å². The number of rotatable bonds is 2. The molecule has 110 valence electrons. The quantitative estimate of drug-likeness (QED) is 0.819. The summed E-state index contributed by atoms with van der Waals surface area (Å²) in [4.78, 5) is 21.1. The van der Waals surface area contributed by atoms with Gasteiger partial charge in [0.25, 0.3) is 5.91 Å². The summed E-state index contributed by atoms with van der Waals surface area (Å²) in [6, 6.07) is 7.56. The highest BCUT2D eigenvalue weighted by Crippen LogP contribution is 2.22. The fraction of sp³-hybridized carbons (Fsp3) is 0.333. The molecule has 0 radical (unpaired) electrons. The van der Waals surface area contributed by atoms with E-state index in [9.17, 15) is 4.79 Å². The molecule has 4 nitrogen and oxygen atoms in total. The van der Waals surface area contributed by atoms with E-state index in [0.29, 0.717) is 0 Å². The Morgan fingerprint density at radius 2 is 2.05 bits per heavy atom. The van der Waals surface area contributed by atoms with E-state index in [1.165, 1.54) is 0 Å². The van der Waals surface area contributed by atoms with E-state index in [1.54, 1.807) is 11.3 Å². The summed E-state index contributed by atoms with van der Waals surface area (Å²) in [5.41, 5.74) is 1.80. The molecule has 0 saturated carbocycles. The molecule has 1 saturated heterocycles. The number of carbonyl (C=O) groups is 1. The number of carbonyl (C=O) groups excluding carboxylic acids is 1. The van der Waals surface area contributed by atoms with E-state index in [-0.39, 0.29) is 5.91 Å². The van der Waals surface area contributed by atoms with Crippen molar-refractivity contribution in [2.75, 3.05) is 31.1 Å². The molecule has 0 bridgehead atoms. The summed E-state index contributed by atoms with van der Waals surface area (Å²) in [6.45, 7) is 5.17. The highest BCUT2D eigenvalue weighted by Gasteiger charge is 2.23. The summed E-state index contributed by atoms with van der Waals surface area (Å²) in [5.74, 6) is 0.103. The summed E-state index contributed by atoms with van der Waals surface area (Å²) in [7, 11) is 0. The van der Waals surface area contributed by atoms with Gasteiger partial charge in [0.15, 0.2) is 5.13 Å². The van der Waals surface area contributed by atoms with Crippen molar-refractivity contribution in [3.63, 3.8) is 0 Å². The molecule has 1 aliphatic rings. The second-order valence-corrected chi connectivity index (χ2v) is 6.81. The van der Waals surface area contributed by atoms with E-state index in [4.69, 9.17) is 0 Å². The zero-order chi connectivity index (χ0) is 14.8. The molecule has 1 aliphatic heterocycles. The maximum absolute atomic E-state index is 12.5. The molecule has 0 aliphatic carbocycles. The van der Waals surface area contributed by atoms with Gasteiger partial charge in [-0.25, -0.2) is 4.98 Å². The predicted octanol–water partition coefficient (Wildman–Crippen LogP) is 3.18. The van der Waals surface area contributed by atoms with Crippen molar-refractivity contribution in [1.29, 1.82) is 0 Å². The molecule has 21 heavy (non-hydrogen) atoms. The van der Waals surface area contributed by atoms with Crippen LogP contribution in [0.2, 0.25) is 0 Å². The molecular weight excluding hydrogens is 350 g/mol. The highest BCUT2D eigenvalue weighted by atomic mass is 79.9. The molecule has 1 amide bonds. The Labute approximate surface area is 136 Å². The number of anilines is 1. The van der Waals surface area contributed by atoms with Crippen molar-refractivity contribution in [1.82, 2.24) is 9.88 Å². The van der Waals surface area contributed by atoms with Gasteiger partial charge in [-0.15, -0.1) is 11.3 Å². The second-order valence-electron chi connectivity index (χ2n) is 5.06. The van der Waals surface area contributed by atoms with Crippen LogP contribution in [0.5, 0.6) is 0 Å². The summed E-state index contributed by atoms with van der Waals surface area (Å²) in [6.07, 6.45) is 0. The molecule has 0 atom stereocenters. The van der Waals surface area contributed by atoms with Gasteiger partial charge in [-0.3, -0.25) is 4.79 Å². The lowest BCUT2D eigenvalue weighted by molar-refractivity contribution is 0.0746. The molecule has 1 aromatic carbocycles. The van der Waals surface area contributed by atoms with Crippen molar-refractivity contribution in [3.8, 4) is 0 Å². The zero-order valence-electron chi connectivity index (χ0n) is 11.8. The van der Waals surface area contributed by atoms with Crippen LogP contribution >= 0.6 is 27.3 Å². The van der Waals surface area contributed by atoms with E-state index < -0.39 is 0 Å². The van der Waals surface area contributed by atoms with Crippen molar-refractivity contribution in [3.05, 3.63) is 45.4 Å². The van der Waals surface area contributed by atoms with Gasteiger partial charge in [0, 0.05) is 41.6 Å². The number of hydrogen-bond acceptors (Lipinski definition) is 4. The molecule has 2 aromatic rings. The molecule has 1 fully saturated rings. The Morgan fingerprint density at radius 3 is 2.67 bits per heavy atom. The largest absolute Gasteiger partial charge is 0.345 e. The average Bonchev–Trinajstić information content (AvgIpc) is 2.93. The standard InChI is InChI=1S/C15H16BrN3OS/c1-11-10-21-15(17-11)19-7-5-18(6-8-19)14(20)12-3-2-4-13(16)9-12/h2-4,9-10H,5-8H2,1H3. The number of thiazole rings is 1. The van der Waals surface area contributed by atoms with Crippen molar-refractivity contribution in [2.45, 2.75) is 6.92 Å². The summed E-state index contributed by atoms with van der Waals surface area (Å²) >= 11 is 5.08. The number of nitrogens with zero attached hydrogens (tertiary/aromatic N) is 3. The lowest BCUT2D eigenvalue weighted by Gasteiger charge is -2.34. The molecule has 0 unspecified atom stereocenters. The third-order valence-corrected chi connectivity index (χ3v) is 5.03. The lowest BCUT2D eigenvalue weighted by Crippen LogP contribution is -2.48. The Kier molecular flexibility index (Phi) is 4.26. The van der Waals surface area contributed by atoms with Crippen LogP contribution in [0.25, 0.3) is 0 Å². The van der Waals surface area contributed by atoms with E-state index in [0.717, 1.165) is 47.0 Å². The fourth-order valence-corrected chi connectivity index (χ4v) is 3.65. The number of aromatic nitrogens is 1. The number of hydrogen-bond donors (Lipinski definition) is 0. The minimum absolute atomic E-state index is 0.103. The SMILES string of the molecule is Cc1csc(N2CCN(C(=O)c3cccc(Br)c3)CC2)n1. The van der Waals surface area contributed by atoms with Crippen LogP contribution in [0.15, 0.2) is 34.1 Å². The van der Waals surface area contributed by atoms with E-state index >= 15 is 0 Å². The Balaban J connectivity index is 1.64. The van der Waals surface area contributed by atoms with Gasteiger partial charge in [0.1, 0.15) is 0 Å². The molecule has 1 aromatic heterocycles. The fourth-order valence-electron chi connectivity index (χ4n) is 2.39. The Hall–Kier alpha value is -1.40. The van der Waals surface area contributed by atoms with Crippen LogP contribution in [0.3, 0.4) is 0 Å². The molecule has 2 heterocycles. The predicted molar refractivity (Wildman–Crippen MR) is 89.1 cm³/mol. The van der Waals surface area contributed by atoms with Gasteiger partial charge in [-0.1, -0.05) is 22.0 Å². The minimum Gasteiger partial charge on any atom is -0.345 e. The van der Waals surface area contributed by atoms with Gasteiger partial charge >= 0.3 is 0 Å². The minimum atomic E-state index is 0.103. The first kappa shape index (κ1) is 14.5. The van der Waals surface area contributed by atoms with Gasteiger partial charge < -0.3 is 9.80 Å². The number of piperazine rings is 1. The average molecular weight is 366 g/mol. The molecular formula is C15H16BrN3OS. The Bertz CT molecular complexity index is 650. The third-order valence-electron chi connectivity index (χ3n) is 3.52. The number of halogens is 1. The van der Waals surface area contributed by atoms with E-state index in [1.807, 2.05) is 36.1 Å². The van der Waals surface area contributed by atoms with Crippen LogP contribution < -0.4 is 4.90 Å². The summed E-state index contributed by atoms with van der Waals surface area (Å²) in [5, 5.41) is 3.12. The topological polar surface area (TPSA) is 36.4 Å². The Morgan fingerprint density at radius 1 is 1.29 bits per heavy atom. The van der Waals surface area contributed by atoms with Crippen molar-refractivity contribution in [2.24, 2.45) is 0 Å². The van der Waals surface area contributed by atoms with Crippen LogP contribution in [-0.2, 0) is 0 Å². The van der Waals surface area contributed by atoms with Crippen LogP contribution in [0, 0.1) is 6.92 Å². The summed E-state index contributed by atoms with van der Waals surface area (Å²) < 4.78 is 0.935. The van der Waals surface area contributed by atoms with Gasteiger partial charge in [0.2, 0.25) is 0 Å². The monoisotopic (exact) mass is 365 g/mol. The number of aryl methyl sites for hydroxylation is 1. The van der Waals surface area contributed by atoms with Crippen LogP contribution in [0.1, 0.15) is 16.1 Å². The first-order valence-corrected chi connectivity index (χ1v) is 8.52. The molecule has 6 heteroatoms. The smallest absolute Gasteiger partial charge is 0.254 e. The van der Waals surface area contributed by atoms with Crippen LogP contribution in [-0.4, -0.2) is 42.0 Å². The van der Waals surface area contributed by atoms with Gasteiger partial charge in [0.05, 0.1) is 5.69 Å². The second kappa shape index (κ2) is 6.15. The van der Waals surface area contributed by atoms with Gasteiger partial charge in [-0.2, -0.15) is 0 Å². The maximum atomic E-state index is 12.5.